The number of benzene rings is 3. The fourth-order valence-corrected chi connectivity index (χ4v) is 3.82. The van der Waals surface area contributed by atoms with Gasteiger partial charge in [0.05, 0.1) is 22.2 Å². The van der Waals surface area contributed by atoms with Crippen LogP contribution in [0.15, 0.2) is 64.6 Å². The topological polar surface area (TPSA) is 114 Å². The van der Waals surface area contributed by atoms with Crippen molar-refractivity contribution >= 4 is 39.3 Å². The Kier molecular flexibility index (Phi) is 8.23. The van der Waals surface area contributed by atoms with Crippen LogP contribution in [0.25, 0.3) is 6.08 Å². The van der Waals surface area contributed by atoms with Crippen molar-refractivity contribution in [2.75, 3.05) is 12.4 Å². The van der Waals surface area contributed by atoms with Crippen LogP contribution in [0, 0.1) is 35.3 Å². The van der Waals surface area contributed by atoms with Crippen LogP contribution in [-0.2, 0) is 11.4 Å². The summed E-state index contributed by atoms with van der Waals surface area (Å²) in [6.45, 7) is 4.04. The van der Waals surface area contributed by atoms with Gasteiger partial charge in [-0.3, -0.25) is 14.9 Å². The molecule has 8 nitrogen and oxygen atoms in total. The highest BCUT2D eigenvalue weighted by Crippen LogP contribution is 2.38. The molecular weight excluding hydrogens is 514 g/mol. The predicted octanol–water partition coefficient (Wildman–Crippen LogP) is 6.11. The molecule has 0 saturated carbocycles. The number of amides is 1. The highest BCUT2D eigenvalue weighted by Gasteiger charge is 2.16. The van der Waals surface area contributed by atoms with E-state index < -0.39 is 10.8 Å². The van der Waals surface area contributed by atoms with Gasteiger partial charge in [-0.05, 0) is 70.2 Å². The third-order valence-electron chi connectivity index (χ3n) is 5.24. The van der Waals surface area contributed by atoms with E-state index in [-0.39, 0.29) is 16.9 Å². The zero-order valence-corrected chi connectivity index (χ0v) is 20.9. The molecule has 35 heavy (non-hydrogen) atoms. The zero-order valence-electron chi connectivity index (χ0n) is 19.3. The summed E-state index contributed by atoms with van der Waals surface area (Å²) < 4.78 is 12.1. The lowest BCUT2D eigenvalue weighted by Crippen LogP contribution is -2.14. The summed E-state index contributed by atoms with van der Waals surface area (Å²) in [6, 6.07) is 17.2. The van der Waals surface area contributed by atoms with Crippen LogP contribution in [0.5, 0.6) is 11.5 Å². The molecule has 0 spiro atoms. The van der Waals surface area contributed by atoms with Crippen molar-refractivity contribution in [2.45, 2.75) is 20.5 Å². The summed E-state index contributed by atoms with van der Waals surface area (Å²) in [6.07, 6.45) is 1.40. The first-order valence-electron chi connectivity index (χ1n) is 10.5. The maximum atomic E-state index is 12.7. The summed E-state index contributed by atoms with van der Waals surface area (Å²) >= 11 is 3.48. The Morgan fingerprint density at radius 3 is 2.57 bits per heavy atom. The van der Waals surface area contributed by atoms with Crippen molar-refractivity contribution in [3.8, 4) is 17.6 Å². The molecule has 0 bridgehead atoms. The Labute approximate surface area is 211 Å². The smallest absolute Gasteiger partial charge is 0.271 e. The largest absolute Gasteiger partial charge is 0.493 e. The number of nitro groups is 1. The number of carbonyl (C=O) groups is 1. The molecule has 0 aliphatic heterocycles. The van der Waals surface area contributed by atoms with Crippen molar-refractivity contribution < 1.29 is 19.2 Å². The van der Waals surface area contributed by atoms with Gasteiger partial charge in [0.25, 0.3) is 11.6 Å². The fraction of sp³-hybridized carbons (Fsp3) is 0.154. The number of rotatable bonds is 8. The van der Waals surface area contributed by atoms with Crippen LogP contribution in [0.1, 0.15) is 22.3 Å². The Morgan fingerprint density at radius 1 is 1.17 bits per heavy atom. The number of carbonyl (C=O) groups excluding carboxylic acids is 1. The Balaban J connectivity index is 1.85. The molecule has 0 aliphatic rings. The van der Waals surface area contributed by atoms with Crippen LogP contribution in [0.2, 0.25) is 0 Å². The molecule has 3 aromatic carbocycles. The van der Waals surface area contributed by atoms with E-state index in [1.807, 2.05) is 37.3 Å². The van der Waals surface area contributed by atoms with Crippen molar-refractivity contribution in [3.05, 3.63) is 97.0 Å². The second-order valence-corrected chi connectivity index (χ2v) is 8.48. The number of anilines is 1. The molecule has 1 N–H and O–H groups in total. The summed E-state index contributed by atoms with van der Waals surface area (Å²) in [5.41, 5.74) is 3.20. The highest BCUT2D eigenvalue weighted by atomic mass is 79.9. The van der Waals surface area contributed by atoms with Gasteiger partial charge < -0.3 is 14.8 Å². The third kappa shape index (κ3) is 6.25. The lowest BCUT2D eigenvalue weighted by molar-refractivity contribution is -0.384. The van der Waals surface area contributed by atoms with Crippen LogP contribution in [-0.4, -0.2) is 17.9 Å². The van der Waals surface area contributed by atoms with Crippen LogP contribution < -0.4 is 14.8 Å². The number of hydrogen-bond acceptors (Lipinski definition) is 6. The summed E-state index contributed by atoms with van der Waals surface area (Å²) in [5, 5.41) is 23.2. The molecule has 0 heterocycles. The van der Waals surface area contributed by atoms with E-state index in [1.54, 1.807) is 19.1 Å². The van der Waals surface area contributed by atoms with Crippen molar-refractivity contribution in [3.63, 3.8) is 0 Å². The van der Waals surface area contributed by atoms with Gasteiger partial charge in [0.2, 0.25) is 0 Å². The maximum absolute atomic E-state index is 12.7. The molecule has 0 aliphatic carbocycles. The number of nitrogens with zero attached hydrogens (tertiary/aromatic N) is 2. The molecule has 0 atom stereocenters. The second-order valence-electron chi connectivity index (χ2n) is 7.63. The van der Waals surface area contributed by atoms with Gasteiger partial charge in [0, 0.05) is 12.1 Å². The number of aryl methyl sites for hydroxylation is 2. The number of nitrogens with one attached hydrogen (secondary N) is 1. The standard InChI is InChI=1S/C26H22BrN3O5/c1-16-6-4-5-7-19(16)15-35-25-22(27)11-18(12-24(25)34-3)10-20(14-28)26(31)29-23-13-21(30(32)33)9-8-17(23)2/h4-13H,15H2,1-3H3,(H,29,31)/b20-10+. The van der Waals surface area contributed by atoms with Gasteiger partial charge in [-0.25, -0.2) is 0 Å². The molecule has 178 valence electrons. The summed E-state index contributed by atoms with van der Waals surface area (Å²) in [7, 11) is 1.50. The van der Waals surface area contributed by atoms with E-state index in [2.05, 4.69) is 21.2 Å². The first-order valence-corrected chi connectivity index (χ1v) is 11.3. The van der Waals surface area contributed by atoms with Crippen molar-refractivity contribution in [1.29, 1.82) is 5.26 Å². The van der Waals surface area contributed by atoms with E-state index in [0.29, 0.717) is 33.7 Å². The third-order valence-corrected chi connectivity index (χ3v) is 5.83. The van der Waals surface area contributed by atoms with E-state index in [1.165, 1.54) is 31.4 Å². The normalized spacial score (nSPS) is 10.9. The molecule has 0 saturated heterocycles. The number of nitro benzene ring substituents is 1. The number of nitriles is 1. The molecule has 3 aromatic rings. The quantitative estimate of drug-likeness (QED) is 0.161. The number of halogens is 1. The van der Waals surface area contributed by atoms with E-state index in [4.69, 9.17) is 9.47 Å². The van der Waals surface area contributed by atoms with Gasteiger partial charge in [0.1, 0.15) is 18.2 Å². The van der Waals surface area contributed by atoms with Crippen molar-refractivity contribution in [1.82, 2.24) is 0 Å². The molecule has 0 radical (unpaired) electrons. The highest BCUT2D eigenvalue weighted by molar-refractivity contribution is 9.10. The van der Waals surface area contributed by atoms with E-state index in [0.717, 1.165) is 11.1 Å². The SMILES string of the molecule is COc1cc(/C=C(\C#N)C(=O)Nc2cc([N+](=O)[O-])ccc2C)cc(Br)c1OCc1ccccc1C. The minimum Gasteiger partial charge on any atom is -0.493 e. The monoisotopic (exact) mass is 535 g/mol. The first-order chi connectivity index (χ1) is 16.7. The molecule has 0 fully saturated rings. The van der Waals surface area contributed by atoms with Crippen LogP contribution in [0.3, 0.4) is 0 Å². The van der Waals surface area contributed by atoms with E-state index in [9.17, 15) is 20.2 Å². The van der Waals surface area contributed by atoms with Gasteiger partial charge >= 0.3 is 0 Å². The number of non-ortho nitro benzene ring substituents is 1. The van der Waals surface area contributed by atoms with Crippen LogP contribution >= 0.6 is 15.9 Å². The van der Waals surface area contributed by atoms with E-state index >= 15 is 0 Å². The lowest BCUT2D eigenvalue weighted by atomic mass is 10.1. The summed E-state index contributed by atoms with van der Waals surface area (Å²) in [5.74, 6) is 0.223. The van der Waals surface area contributed by atoms with Gasteiger partial charge in [-0.1, -0.05) is 30.3 Å². The average molecular weight is 536 g/mol. The minimum atomic E-state index is -0.689. The molecule has 1 amide bonds. The molecule has 0 unspecified atom stereocenters. The predicted molar refractivity (Wildman–Crippen MR) is 136 cm³/mol. The first kappa shape index (κ1) is 25.5. The molecule has 3 rings (SSSR count). The minimum absolute atomic E-state index is 0.164. The fourth-order valence-electron chi connectivity index (χ4n) is 3.25. The van der Waals surface area contributed by atoms with Gasteiger partial charge in [0.15, 0.2) is 11.5 Å². The number of hydrogen-bond donors (Lipinski definition) is 1. The number of ether oxygens (including phenoxy) is 2. The second kappa shape index (κ2) is 11.3. The van der Waals surface area contributed by atoms with Gasteiger partial charge in [-0.15, -0.1) is 0 Å². The average Bonchev–Trinajstić information content (AvgIpc) is 2.83. The molecule has 0 aromatic heterocycles. The zero-order chi connectivity index (χ0) is 25.5. The molecule has 9 heteroatoms. The Morgan fingerprint density at radius 2 is 1.91 bits per heavy atom. The maximum Gasteiger partial charge on any atom is 0.271 e. The summed E-state index contributed by atoms with van der Waals surface area (Å²) in [4.78, 5) is 23.2. The Hall–Kier alpha value is -4.16. The van der Waals surface area contributed by atoms with Crippen LogP contribution in [0.4, 0.5) is 11.4 Å². The lowest BCUT2D eigenvalue weighted by Gasteiger charge is -2.15. The number of methoxy groups -OCH3 is 1. The Bertz CT molecular complexity index is 1360. The van der Waals surface area contributed by atoms with Gasteiger partial charge in [-0.2, -0.15) is 5.26 Å². The van der Waals surface area contributed by atoms with Crippen molar-refractivity contribution in [2.24, 2.45) is 0 Å². The molecular formula is C26H22BrN3O5.